The molecule has 1 aromatic heterocycles. The highest BCUT2D eigenvalue weighted by Crippen LogP contribution is 2.13. The van der Waals surface area contributed by atoms with Gasteiger partial charge in [-0.25, -0.2) is 0 Å². The van der Waals surface area contributed by atoms with E-state index in [9.17, 15) is 4.79 Å². The van der Waals surface area contributed by atoms with E-state index in [4.69, 9.17) is 5.26 Å². The Labute approximate surface area is 136 Å². The Morgan fingerprint density at radius 2 is 2.09 bits per heavy atom. The zero-order valence-electron chi connectivity index (χ0n) is 13.2. The molecule has 0 bridgehead atoms. The van der Waals surface area contributed by atoms with Gasteiger partial charge in [-0.2, -0.15) is 5.26 Å². The summed E-state index contributed by atoms with van der Waals surface area (Å²) in [5.41, 5.74) is 2.30. The van der Waals surface area contributed by atoms with Gasteiger partial charge in [-0.15, -0.1) is 0 Å². The number of hydrogen-bond donors (Lipinski definition) is 2. The molecule has 1 aromatic carbocycles. The van der Waals surface area contributed by atoms with Gasteiger partial charge in [0.1, 0.15) is 5.69 Å². The molecule has 23 heavy (non-hydrogen) atoms. The standard InChI is InChI=1S/C18H20N4O/c1-2-3-4-9-20-15-8-10-21-17(12-15)18(23)22-16-7-5-6-14(11-16)13-19/h5-8,10-12H,2-4,9H2,1H3,(H,20,21)(H,22,23). The van der Waals surface area contributed by atoms with Gasteiger partial charge in [-0.1, -0.05) is 25.8 Å². The molecular formula is C18H20N4O. The fourth-order valence-electron chi connectivity index (χ4n) is 2.13. The van der Waals surface area contributed by atoms with Crippen LogP contribution in [0.5, 0.6) is 0 Å². The molecule has 5 nitrogen and oxygen atoms in total. The van der Waals surface area contributed by atoms with Crippen LogP contribution in [-0.4, -0.2) is 17.4 Å². The Hall–Kier alpha value is -2.87. The van der Waals surface area contributed by atoms with Crippen molar-refractivity contribution in [3.8, 4) is 6.07 Å². The molecule has 2 N–H and O–H groups in total. The average Bonchev–Trinajstić information content (AvgIpc) is 2.59. The number of amides is 1. The first-order valence-corrected chi connectivity index (χ1v) is 7.74. The van der Waals surface area contributed by atoms with E-state index in [0.717, 1.165) is 18.7 Å². The molecule has 5 heteroatoms. The summed E-state index contributed by atoms with van der Waals surface area (Å²) in [4.78, 5) is 16.4. The number of anilines is 2. The van der Waals surface area contributed by atoms with Gasteiger partial charge in [0, 0.05) is 24.1 Å². The van der Waals surface area contributed by atoms with E-state index in [0.29, 0.717) is 16.9 Å². The lowest BCUT2D eigenvalue weighted by Crippen LogP contribution is -2.14. The first-order valence-electron chi connectivity index (χ1n) is 7.74. The third-order valence-electron chi connectivity index (χ3n) is 3.35. The Balaban J connectivity index is 2.00. The van der Waals surface area contributed by atoms with Gasteiger partial charge in [0.15, 0.2) is 0 Å². The normalized spacial score (nSPS) is 9.91. The van der Waals surface area contributed by atoms with Crippen LogP contribution in [0.15, 0.2) is 42.6 Å². The van der Waals surface area contributed by atoms with Crippen LogP contribution in [0.4, 0.5) is 11.4 Å². The monoisotopic (exact) mass is 308 g/mol. The topological polar surface area (TPSA) is 77.8 Å². The number of aromatic nitrogens is 1. The van der Waals surface area contributed by atoms with Crippen LogP contribution in [0.2, 0.25) is 0 Å². The van der Waals surface area contributed by atoms with Crippen molar-refractivity contribution in [1.82, 2.24) is 4.98 Å². The van der Waals surface area contributed by atoms with Crippen molar-refractivity contribution in [3.63, 3.8) is 0 Å². The fourth-order valence-corrected chi connectivity index (χ4v) is 2.13. The Morgan fingerprint density at radius 1 is 1.22 bits per heavy atom. The number of carbonyl (C=O) groups is 1. The molecule has 1 amide bonds. The van der Waals surface area contributed by atoms with Crippen molar-refractivity contribution in [1.29, 1.82) is 5.26 Å². The van der Waals surface area contributed by atoms with Crippen LogP contribution in [0.1, 0.15) is 42.2 Å². The number of nitriles is 1. The minimum absolute atomic E-state index is 0.294. The summed E-state index contributed by atoms with van der Waals surface area (Å²) < 4.78 is 0. The first kappa shape index (κ1) is 16.5. The highest BCUT2D eigenvalue weighted by Gasteiger charge is 2.08. The number of nitrogens with zero attached hydrogens (tertiary/aromatic N) is 2. The number of hydrogen-bond acceptors (Lipinski definition) is 4. The van der Waals surface area contributed by atoms with Gasteiger partial charge in [0.25, 0.3) is 5.91 Å². The lowest BCUT2D eigenvalue weighted by atomic mass is 10.2. The van der Waals surface area contributed by atoms with Crippen LogP contribution in [0, 0.1) is 11.3 Å². The van der Waals surface area contributed by atoms with Gasteiger partial charge < -0.3 is 10.6 Å². The maximum absolute atomic E-state index is 12.3. The summed E-state index contributed by atoms with van der Waals surface area (Å²) in [5, 5.41) is 14.9. The number of rotatable bonds is 7. The number of pyridine rings is 1. The molecule has 2 rings (SSSR count). The van der Waals surface area contributed by atoms with E-state index in [1.807, 2.05) is 12.1 Å². The summed E-state index contributed by atoms with van der Waals surface area (Å²) in [6.07, 6.45) is 5.07. The second kappa shape index (κ2) is 8.54. The van der Waals surface area contributed by atoms with E-state index >= 15 is 0 Å². The van der Waals surface area contributed by atoms with Gasteiger partial charge in [-0.05, 0) is 36.8 Å². The summed E-state index contributed by atoms with van der Waals surface area (Å²) in [5.74, 6) is -0.294. The molecule has 0 aliphatic carbocycles. The van der Waals surface area contributed by atoms with E-state index in [1.54, 1.807) is 36.5 Å². The fraction of sp³-hybridized carbons (Fsp3) is 0.278. The smallest absolute Gasteiger partial charge is 0.274 e. The minimum atomic E-state index is -0.294. The Bertz CT molecular complexity index is 706. The molecule has 0 spiro atoms. The maximum atomic E-state index is 12.3. The van der Waals surface area contributed by atoms with E-state index in [-0.39, 0.29) is 5.91 Å². The van der Waals surface area contributed by atoms with Crippen molar-refractivity contribution in [2.75, 3.05) is 17.2 Å². The van der Waals surface area contributed by atoms with Gasteiger partial charge in [0.05, 0.1) is 11.6 Å². The van der Waals surface area contributed by atoms with Gasteiger partial charge in [-0.3, -0.25) is 9.78 Å². The molecule has 118 valence electrons. The summed E-state index contributed by atoms with van der Waals surface area (Å²) in [6.45, 7) is 3.04. The SMILES string of the molecule is CCCCCNc1ccnc(C(=O)Nc2cccc(C#N)c2)c1. The molecule has 0 aliphatic rings. The van der Waals surface area contributed by atoms with Crippen molar-refractivity contribution in [3.05, 3.63) is 53.9 Å². The third-order valence-corrected chi connectivity index (χ3v) is 3.35. The number of nitrogens with one attached hydrogen (secondary N) is 2. The largest absolute Gasteiger partial charge is 0.385 e. The third kappa shape index (κ3) is 5.11. The van der Waals surface area contributed by atoms with Crippen molar-refractivity contribution in [2.45, 2.75) is 26.2 Å². The highest BCUT2D eigenvalue weighted by molar-refractivity contribution is 6.03. The van der Waals surface area contributed by atoms with Crippen LogP contribution in [0.25, 0.3) is 0 Å². The molecule has 0 saturated heterocycles. The van der Waals surface area contributed by atoms with E-state index < -0.39 is 0 Å². The summed E-state index contributed by atoms with van der Waals surface area (Å²) in [6, 6.07) is 12.4. The van der Waals surface area contributed by atoms with Crippen molar-refractivity contribution < 1.29 is 4.79 Å². The molecule has 0 aliphatic heterocycles. The summed E-state index contributed by atoms with van der Waals surface area (Å²) >= 11 is 0. The predicted molar refractivity (Wildman–Crippen MR) is 91.4 cm³/mol. The molecule has 2 aromatic rings. The first-order chi connectivity index (χ1) is 11.2. The highest BCUT2D eigenvalue weighted by atomic mass is 16.1. The van der Waals surface area contributed by atoms with Gasteiger partial charge in [0.2, 0.25) is 0 Å². The Morgan fingerprint density at radius 3 is 2.87 bits per heavy atom. The lowest BCUT2D eigenvalue weighted by Gasteiger charge is -2.08. The average molecular weight is 308 g/mol. The quantitative estimate of drug-likeness (QED) is 0.762. The van der Waals surface area contributed by atoms with Gasteiger partial charge >= 0.3 is 0 Å². The zero-order chi connectivity index (χ0) is 16.5. The second-order valence-corrected chi connectivity index (χ2v) is 5.21. The second-order valence-electron chi connectivity index (χ2n) is 5.21. The van der Waals surface area contributed by atoms with Crippen molar-refractivity contribution >= 4 is 17.3 Å². The van der Waals surface area contributed by atoms with Crippen LogP contribution in [0.3, 0.4) is 0 Å². The molecular weight excluding hydrogens is 288 g/mol. The number of benzene rings is 1. The molecule has 0 saturated carbocycles. The van der Waals surface area contributed by atoms with Crippen molar-refractivity contribution in [2.24, 2.45) is 0 Å². The van der Waals surface area contributed by atoms with E-state index in [2.05, 4.69) is 22.5 Å². The molecule has 0 unspecified atom stereocenters. The minimum Gasteiger partial charge on any atom is -0.385 e. The number of carbonyl (C=O) groups excluding carboxylic acids is 1. The zero-order valence-corrected chi connectivity index (χ0v) is 13.2. The Kier molecular flexibility index (Phi) is 6.13. The molecule has 0 atom stereocenters. The van der Waals surface area contributed by atoms with Crippen LogP contribution in [-0.2, 0) is 0 Å². The number of unbranched alkanes of at least 4 members (excludes halogenated alkanes) is 2. The maximum Gasteiger partial charge on any atom is 0.274 e. The lowest BCUT2D eigenvalue weighted by molar-refractivity contribution is 0.102. The summed E-state index contributed by atoms with van der Waals surface area (Å²) in [7, 11) is 0. The van der Waals surface area contributed by atoms with Crippen LogP contribution < -0.4 is 10.6 Å². The molecule has 0 fully saturated rings. The predicted octanol–water partition coefficient (Wildman–Crippen LogP) is 3.81. The molecule has 0 radical (unpaired) electrons. The van der Waals surface area contributed by atoms with E-state index in [1.165, 1.54) is 12.8 Å². The van der Waals surface area contributed by atoms with Crippen LogP contribution >= 0.6 is 0 Å². The molecule has 1 heterocycles.